The number of nitrogens with zero attached hydrogens (tertiary/aromatic N) is 1. The molecule has 1 N–H and O–H groups in total. The van der Waals surface area contributed by atoms with E-state index in [2.05, 4.69) is 5.32 Å². The minimum absolute atomic E-state index is 0.147. The minimum atomic E-state index is -3.52. The van der Waals surface area contributed by atoms with Crippen LogP contribution in [0.2, 0.25) is 0 Å². The van der Waals surface area contributed by atoms with Crippen LogP contribution in [0.25, 0.3) is 0 Å². The first-order valence-corrected chi connectivity index (χ1v) is 11.8. The molecule has 0 unspecified atom stereocenters. The number of halogens is 1. The molecule has 0 aliphatic carbocycles. The third kappa shape index (κ3) is 7.61. The smallest absolute Gasteiger partial charge is 0.235 e. The molecule has 0 saturated carbocycles. The Morgan fingerprint density at radius 3 is 2.46 bits per heavy atom. The van der Waals surface area contributed by atoms with Crippen LogP contribution in [0.3, 0.4) is 0 Å². The Labute approximate surface area is 170 Å². The largest absolute Gasteiger partial charge is 0.354 e. The molecule has 0 fully saturated rings. The maximum absolute atomic E-state index is 13.5. The van der Waals surface area contributed by atoms with E-state index in [1.165, 1.54) is 17.8 Å². The first-order chi connectivity index (χ1) is 13.3. The van der Waals surface area contributed by atoms with Crippen molar-refractivity contribution < 1.29 is 17.6 Å². The number of aryl methyl sites for hydroxylation is 1. The number of sulfonamides is 1. The Bertz CT molecular complexity index is 887. The molecule has 0 atom stereocenters. The monoisotopic (exact) mass is 424 g/mol. The summed E-state index contributed by atoms with van der Waals surface area (Å²) in [4.78, 5) is 12.1. The number of hydrogen-bond donors (Lipinski definition) is 1. The zero-order valence-electron chi connectivity index (χ0n) is 16.0. The Morgan fingerprint density at radius 1 is 1.14 bits per heavy atom. The fraction of sp³-hybridized carbons (Fsp3) is 0.350. The highest BCUT2D eigenvalue weighted by molar-refractivity contribution is 7.98. The van der Waals surface area contributed by atoms with Gasteiger partial charge in [0.15, 0.2) is 0 Å². The Morgan fingerprint density at radius 2 is 1.82 bits per heavy atom. The van der Waals surface area contributed by atoms with Crippen molar-refractivity contribution in [2.45, 2.75) is 19.2 Å². The third-order valence-corrected chi connectivity index (χ3v) is 6.26. The highest BCUT2D eigenvalue weighted by atomic mass is 32.2. The van der Waals surface area contributed by atoms with E-state index in [0.717, 1.165) is 21.7 Å². The summed E-state index contributed by atoms with van der Waals surface area (Å²) in [5.41, 5.74) is 2.53. The van der Waals surface area contributed by atoms with E-state index in [9.17, 15) is 17.6 Å². The normalized spacial score (nSPS) is 11.6. The van der Waals surface area contributed by atoms with Gasteiger partial charge in [-0.05, 0) is 24.1 Å². The molecule has 8 heteroatoms. The van der Waals surface area contributed by atoms with E-state index in [1.807, 2.05) is 31.2 Å². The van der Waals surface area contributed by atoms with E-state index in [0.29, 0.717) is 23.6 Å². The van der Waals surface area contributed by atoms with Gasteiger partial charge in [-0.25, -0.2) is 12.8 Å². The Balaban J connectivity index is 1.78. The topological polar surface area (TPSA) is 66.5 Å². The molecule has 5 nitrogen and oxygen atoms in total. The van der Waals surface area contributed by atoms with Crippen LogP contribution in [-0.4, -0.2) is 43.7 Å². The van der Waals surface area contributed by atoms with Gasteiger partial charge in [-0.1, -0.05) is 48.0 Å². The highest BCUT2D eigenvalue weighted by Crippen LogP contribution is 2.14. The molecule has 2 aromatic carbocycles. The summed E-state index contributed by atoms with van der Waals surface area (Å²) in [6.07, 6.45) is 1.10. The van der Waals surface area contributed by atoms with Crippen molar-refractivity contribution >= 4 is 27.7 Å². The van der Waals surface area contributed by atoms with E-state index in [-0.39, 0.29) is 24.8 Å². The lowest BCUT2D eigenvalue weighted by molar-refractivity contribution is -0.121. The molecule has 0 spiro atoms. The second-order valence-corrected chi connectivity index (χ2v) is 9.60. The predicted octanol–water partition coefficient (Wildman–Crippen LogP) is 2.95. The van der Waals surface area contributed by atoms with Gasteiger partial charge in [-0.2, -0.15) is 16.1 Å². The van der Waals surface area contributed by atoms with Crippen LogP contribution in [0.4, 0.5) is 4.39 Å². The van der Waals surface area contributed by atoms with E-state index < -0.39 is 10.0 Å². The highest BCUT2D eigenvalue weighted by Gasteiger charge is 2.20. The molecule has 2 rings (SSSR count). The van der Waals surface area contributed by atoms with Crippen molar-refractivity contribution in [2.24, 2.45) is 0 Å². The molecular formula is C20H25FN2O3S2. The lowest BCUT2D eigenvalue weighted by Crippen LogP contribution is -2.40. The maximum Gasteiger partial charge on any atom is 0.235 e. The first-order valence-electron chi connectivity index (χ1n) is 8.84. The van der Waals surface area contributed by atoms with Gasteiger partial charge in [0.05, 0.1) is 12.8 Å². The number of benzene rings is 2. The average Bonchev–Trinajstić information content (AvgIpc) is 2.63. The quantitative estimate of drug-likeness (QED) is 0.596. The summed E-state index contributed by atoms with van der Waals surface area (Å²) in [5.74, 6) is 0.533. The van der Waals surface area contributed by atoms with Crippen LogP contribution in [0.15, 0.2) is 48.5 Å². The lowest BCUT2D eigenvalue weighted by Gasteiger charge is -2.19. The Hall–Kier alpha value is -1.90. The number of hydrogen-bond acceptors (Lipinski definition) is 4. The minimum Gasteiger partial charge on any atom is -0.354 e. The summed E-state index contributed by atoms with van der Waals surface area (Å²) < 4.78 is 38.7. The van der Waals surface area contributed by atoms with Gasteiger partial charge in [0.25, 0.3) is 0 Å². The van der Waals surface area contributed by atoms with Crippen LogP contribution in [0.1, 0.15) is 16.7 Å². The molecule has 28 heavy (non-hydrogen) atoms. The van der Waals surface area contributed by atoms with Crippen LogP contribution in [-0.2, 0) is 27.1 Å². The van der Waals surface area contributed by atoms with Crippen molar-refractivity contribution in [3.05, 3.63) is 71.0 Å². The van der Waals surface area contributed by atoms with Crippen molar-refractivity contribution in [3.8, 4) is 0 Å². The zero-order chi connectivity index (χ0) is 20.6. The van der Waals surface area contributed by atoms with Crippen molar-refractivity contribution in [1.29, 1.82) is 0 Å². The molecule has 0 aliphatic rings. The fourth-order valence-corrected chi connectivity index (χ4v) is 4.04. The second kappa shape index (κ2) is 10.6. The number of carbonyl (C=O) groups excluding carboxylic acids is 1. The van der Waals surface area contributed by atoms with Crippen LogP contribution >= 0.6 is 11.8 Å². The molecule has 0 heterocycles. The SMILES string of the molecule is Cc1ccc(CN(CC(=O)NCCSCc2ccccc2F)S(C)(=O)=O)cc1. The van der Waals surface area contributed by atoms with Crippen molar-refractivity contribution in [1.82, 2.24) is 9.62 Å². The zero-order valence-corrected chi connectivity index (χ0v) is 17.7. The molecule has 0 aromatic heterocycles. The predicted molar refractivity (Wildman–Crippen MR) is 112 cm³/mol. The summed E-state index contributed by atoms with van der Waals surface area (Å²) in [7, 11) is -3.52. The van der Waals surface area contributed by atoms with Gasteiger partial charge in [0.1, 0.15) is 5.82 Å². The summed E-state index contributed by atoms with van der Waals surface area (Å²) in [5, 5.41) is 2.72. The average molecular weight is 425 g/mol. The second-order valence-electron chi connectivity index (χ2n) is 6.51. The van der Waals surface area contributed by atoms with Crippen LogP contribution in [0.5, 0.6) is 0 Å². The van der Waals surface area contributed by atoms with E-state index >= 15 is 0 Å². The molecule has 0 aliphatic heterocycles. The molecule has 2 aromatic rings. The Kier molecular flexibility index (Phi) is 8.47. The van der Waals surface area contributed by atoms with E-state index in [1.54, 1.807) is 18.2 Å². The molecule has 0 saturated heterocycles. The lowest BCUT2D eigenvalue weighted by atomic mass is 10.1. The molecular weight excluding hydrogens is 399 g/mol. The third-order valence-electron chi connectivity index (χ3n) is 4.05. The number of carbonyl (C=O) groups is 1. The standard InChI is InChI=1S/C20H25FN2O3S2/c1-16-7-9-17(10-8-16)13-23(28(2,25)26)14-20(24)22-11-12-27-15-18-5-3-4-6-19(18)21/h3-10H,11-15H2,1-2H3,(H,22,24). The van der Waals surface area contributed by atoms with Gasteiger partial charge in [0, 0.05) is 24.6 Å². The number of thioether (sulfide) groups is 1. The fourth-order valence-electron chi connectivity index (χ4n) is 2.46. The molecule has 1 amide bonds. The van der Waals surface area contributed by atoms with Crippen LogP contribution in [0, 0.1) is 12.7 Å². The first kappa shape index (κ1) is 22.4. The summed E-state index contributed by atoms with van der Waals surface area (Å²) in [6, 6.07) is 14.1. The number of nitrogens with one attached hydrogen (secondary N) is 1. The van der Waals surface area contributed by atoms with Crippen molar-refractivity contribution in [2.75, 3.05) is 25.1 Å². The van der Waals surface area contributed by atoms with Gasteiger partial charge in [-0.15, -0.1) is 0 Å². The van der Waals surface area contributed by atoms with Gasteiger partial charge in [-0.3, -0.25) is 4.79 Å². The molecule has 0 bridgehead atoms. The number of rotatable bonds is 10. The summed E-state index contributed by atoms with van der Waals surface area (Å²) in [6.45, 7) is 2.26. The van der Waals surface area contributed by atoms with Crippen molar-refractivity contribution in [3.63, 3.8) is 0 Å². The number of amides is 1. The molecule has 0 radical (unpaired) electrons. The van der Waals surface area contributed by atoms with Gasteiger partial charge in [0.2, 0.25) is 15.9 Å². The van der Waals surface area contributed by atoms with E-state index in [4.69, 9.17) is 0 Å². The van der Waals surface area contributed by atoms with Gasteiger partial charge < -0.3 is 5.32 Å². The van der Waals surface area contributed by atoms with Crippen LogP contribution < -0.4 is 5.32 Å². The summed E-state index contributed by atoms with van der Waals surface area (Å²) >= 11 is 1.50. The molecule has 152 valence electrons. The maximum atomic E-state index is 13.5. The van der Waals surface area contributed by atoms with Gasteiger partial charge >= 0.3 is 0 Å².